The second kappa shape index (κ2) is 6.17. The quantitative estimate of drug-likeness (QED) is 0.508. The third-order valence-corrected chi connectivity index (χ3v) is 5.29. The molecule has 0 bridgehead atoms. The van der Waals surface area contributed by atoms with E-state index >= 15 is 0 Å². The molecular formula is C22H16N6O. The molecule has 3 aromatic heterocycles. The average molecular weight is 380 g/mol. The number of nitriles is 1. The predicted molar refractivity (Wildman–Crippen MR) is 111 cm³/mol. The van der Waals surface area contributed by atoms with Crippen LogP contribution in [0.2, 0.25) is 0 Å². The molecule has 5 rings (SSSR count). The van der Waals surface area contributed by atoms with E-state index in [2.05, 4.69) is 21.3 Å². The third-order valence-electron chi connectivity index (χ3n) is 5.29. The van der Waals surface area contributed by atoms with Crippen LogP contribution in [0.25, 0.3) is 38.8 Å². The smallest absolute Gasteiger partial charge is 0.293 e. The van der Waals surface area contributed by atoms with Gasteiger partial charge >= 0.3 is 5.69 Å². The van der Waals surface area contributed by atoms with Crippen molar-refractivity contribution >= 4 is 21.9 Å². The lowest BCUT2D eigenvalue weighted by Crippen LogP contribution is -2.21. The van der Waals surface area contributed by atoms with E-state index in [-0.39, 0.29) is 5.69 Å². The number of H-pyrrole nitrogens is 1. The second-order valence-electron chi connectivity index (χ2n) is 7.00. The molecule has 7 nitrogen and oxygen atoms in total. The molecule has 2 aromatic carbocycles. The number of nitrogens with zero attached hydrogens (tertiary/aromatic N) is 5. The van der Waals surface area contributed by atoms with Crippen molar-refractivity contribution in [1.29, 1.82) is 5.26 Å². The Bertz CT molecular complexity index is 1500. The number of pyridine rings is 1. The van der Waals surface area contributed by atoms with Gasteiger partial charge in [-0.05, 0) is 42.3 Å². The van der Waals surface area contributed by atoms with Crippen LogP contribution < -0.4 is 5.69 Å². The lowest BCUT2D eigenvalue weighted by atomic mass is 10.1. The van der Waals surface area contributed by atoms with E-state index in [0.29, 0.717) is 11.3 Å². The molecule has 0 unspecified atom stereocenters. The maximum atomic E-state index is 13.2. The van der Waals surface area contributed by atoms with Crippen molar-refractivity contribution in [2.45, 2.75) is 6.92 Å². The number of rotatable bonds is 2. The number of aromatic amines is 1. The summed E-state index contributed by atoms with van der Waals surface area (Å²) >= 11 is 0. The summed E-state index contributed by atoms with van der Waals surface area (Å²) in [7, 11) is 1.73. The molecule has 3 heterocycles. The fraction of sp³-hybridized carbons (Fsp3) is 0.0909. The minimum Gasteiger partial charge on any atom is -0.293 e. The SMILES string of the molecule is Cc1ccc(C#N)cc1-n1c(=O)n(C)c2cnc3ccc(-c4cn[nH]c4)cc3c21. The van der Waals surface area contributed by atoms with E-state index in [1.54, 1.807) is 40.7 Å². The lowest BCUT2D eigenvalue weighted by Gasteiger charge is -2.10. The van der Waals surface area contributed by atoms with Crippen LogP contribution in [0.3, 0.4) is 0 Å². The van der Waals surface area contributed by atoms with Gasteiger partial charge in [-0.2, -0.15) is 10.4 Å². The first-order chi connectivity index (χ1) is 14.1. The Morgan fingerprint density at radius 2 is 1.97 bits per heavy atom. The van der Waals surface area contributed by atoms with Crippen molar-refractivity contribution in [3.63, 3.8) is 0 Å². The summed E-state index contributed by atoms with van der Waals surface area (Å²) in [6, 6.07) is 13.5. The van der Waals surface area contributed by atoms with Crippen LogP contribution in [-0.4, -0.2) is 24.3 Å². The number of hydrogen-bond acceptors (Lipinski definition) is 4. The average Bonchev–Trinajstić information content (AvgIpc) is 3.36. The van der Waals surface area contributed by atoms with E-state index in [0.717, 1.165) is 38.6 Å². The molecule has 0 saturated heterocycles. The van der Waals surface area contributed by atoms with Crippen LogP contribution in [0.4, 0.5) is 0 Å². The van der Waals surface area contributed by atoms with Crippen molar-refractivity contribution in [3.05, 3.63) is 76.6 Å². The highest BCUT2D eigenvalue weighted by Gasteiger charge is 2.18. The Kier molecular flexibility index (Phi) is 3.61. The maximum Gasteiger partial charge on any atom is 0.333 e. The lowest BCUT2D eigenvalue weighted by molar-refractivity contribution is 0.843. The molecule has 0 saturated carbocycles. The van der Waals surface area contributed by atoms with E-state index in [1.165, 1.54) is 0 Å². The van der Waals surface area contributed by atoms with Gasteiger partial charge in [0.05, 0.1) is 46.3 Å². The topological polar surface area (TPSA) is 92.3 Å². The van der Waals surface area contributed by atoms with Gasteiger partial charge in [0.1, 0.15) is 0 Å². The van der Waals surface area contributed by atoms with Crippen LogP contribution >= 0.6 is 0 Å². The maximum absolute atomic E-state index is 13.2. The molecule has 0 fully saturated rings. The van der Waals surface area contributed by atoms with Gasteiger partial charge in [0.15, 0.2) is 0 Å². The molecule has 5 aromatic rings. The van der Waals surface area contributed by atoms with Gasteiger partial charge in [-0.25, -0.2) is 4.79 Å². The van der Waals surface area contributed by atoms with Crippen molar-refractivity contribution in [2.24, 2.45) is 7.05 Å². The standard InChI is InChI=1S/C22H16N6O/c1-13-3-4-14(9-23)7-19(13)28-21-17-8-15(16-10-25-26-11-16)5-6-18(17)24-12-20(21)27(2)22(28)29/h3-8,10-12H,1-2H3,(H,25,26). The Labute approximate surface area is 165 Å². The van der Waals surface area contributed by atoms with Crippen LogP contribution in [0.5, 0.6) is 0 Å². The van der Waals surface area contributed by atoms with Gasteiger partial charge in [0.2, 0.25) is 0 Å². The van der Waals surface area contributed by atoms with Crippen LogP contribution in [0.1, 0.15) is 11.1 Å². The molecule has 29 heavy (non-hydrogen) atoms. The van der Waals surface area contributed by atoms with Gasteiger partial charge in [-0.15, -0.1) is 0 Å². The first kappa shape index (κ1) is 17.0. The first-order valence-electron chi connectivity index (χ1n) is 9.09. The van der Waals surface area contributed by atoms with Gasteiger partial charge in [0, 0.05) is 24.2 Å². The molecule has 0 radical (unpaired) electrons. The largest absolute Gasteiger partial charge is 0.333 e. The zero-order valence-corrected chi connectivity index (χ0v) is 15.8. The minimum absolute atomic E-state index is 0.179. The van der Waals surface area contributed by atoms with Crippen LogP contribution in [-0.2, 0) is 7.05 Å². The fourth-order valence-electron chi connectivity index (χ4n) is 3.73. The molecule has 7 heteroatoms. The number of hydrogen-bond donors (Lipinski definition) is 1. The Morgan fingerprint density at radius 1 is 1.10 bits per heavy atom. The number of fused-ring (bicyclic) bond motifs is 3. The third kappa shape index (κ3) is 2.47. The highest BCUT2D eigenvalue weighted by molar-refractivity contribution is 6.04. The van der Waals surface area contributed by atoms with Gasteiger partial charge < -0.3 is 0 Å². The van der Waals surface area contributed by atoms with Gasteiger partial charge in [-0.1, -0.05) is 12.1 Å². The monoisotopic (exact) mass is 380 g/mol. The van der Waals surface area contributed by atoms with Gasteiger partial charge in [-0.3, -0.25) is 19.2 Å². The molecule has 140 valence electrons. The molecule has 0 atom stereocenters. The molecule has 0 spiro atoms. The summed E-state index contributed by atoms with van der Waals surface area (Å²) in [5.41, 5.74) is 6.16. The minimum atomic E-state index is -0.179. The summed E-state index contributed by atoms with van der Waals surface area (Å²) in [5.74, 6) is 0. The summed E-state index contributed by atoms with van der Waals surface area (Å²) in [5, 5.41) is 17.1. The Hall–Kier alpha value is -4.18. The molecule has 0 aliphatic rings. The fourth-order valence-corrected chi connectivity index (χ4v) is 3.73. The second-order valence-corrected chi connectivity index (χ2v) is 7.00. The summed E-state index contributed by atoms with van der Waals surface area (Å²) in [6.45, 7) is 1.93. The number of imidazole rings is 1. The normalized spacial score (nSPS) is 11.2. The van der Waals surface area contributed by atoms with Gasteiger partial charge in [0.25, 0.3) is 0 Å². The Balaban J connectivity index is 1.94. The van der Waals surface area contributed by atoms with Crippen molar-refractivity contribution in [1.82, 2.24) is 24.3 Å². The summed E-state index contributed by atoms with van der Waals surface area (Å²) in [6.07, 6.45) is 5.30. The summed E-state index contributed by atoms with van der Waals surface area (Å²) in [4.78, 5) is 17.7. The molecule has 0 aliphatic carbocycles. The van der Waals surface area contributed by atoms with Crippen LogP contribution in [0, 0.1) is 18.3 Å². The first-order valence-corrected chi connectivity index (χ1v) is 9.09. The van der Waals surface area contributed by atoms with Crippen molar-refractivity contribution in [3.8, 4) is 22.9 Å². The Morgan fingerprint density at radius 3 is 2.72 bits per heavy atom. The van der Waals surface area contributed by atoms with E-state index in [1.807, 2.05) is 37.4 Å². The zero-order valence-electron chi connectivity index (χ0n) is 15.8. The van der Waals surface area contributed by atoms with Crippen molar-refractivity contribution in [2.75, 3.05) is 0 Å². The van der Waals surface area contributed by atoms with Crippen LogP contribution in [0.15, 0.2) is 59.8 Å². The molecule has 1 N–H and O–H groups in total. The van der Waals surface area contributed by atoms with Crippen molar-refractivity contribution < 1.29 is 0 Å². The van der Waals surface area contributed by atoms with E-state index in [4.69, 9.17) is 0 Å². The highest BCUT2D eigenvalue weighted by atomic mass is 16.1. The van der Waals surface area contributed by atoms with E-state index < -0.39 is 0 Å². The summed E-state index contributed by atoms with van der Waals surface area (Å²) < 4.78 is 3.26. The number of aryl methyl sites for hydroxylation is 2. The number of aromatic nitrogens is 5. The predicted octanol–water partition coefficient (Wildman–Crippen LogP) is 3.45. The molecule has 0 amide bonds. The highest BCUT2D eigenvalue weighted by Crippen LogP contribution is 2.30. The number of benzene rings is 2. The van der Waals surface area contributed by atoms with E-state index in [9.17, 15) is 10.1 Å². The number of nitrogens with one attached hydrogen (secondary N) is 1. The molecule has 0 aliphatic heterocycles. The molecular weight excluding hydrogens is 364 g/mol. The zero-order chi connectivity index (χ0) is 20.1.